The smallest absolute Gasteiger partial charge is 0.0639 e. The van der Waals surface area contributed by atoms with E-state index in [1.165, 1.54) is 12.8 Å². The van der Waals surface area contributed by atoms with Crippen molar-refractivity contribution < 1.29 is 5.11 Å². The van der Waals surface area contributed by atoms with Crippen molar-refractivity contribution in [3.63, 3.8) is 0 Å². The molecule has 3 atom stereocenters. The Kier molecular flexibility index (Phi) is 3.02. The SMILES string of the molecule is CC(=CC1CC2C=C(C)C1(C)C(C)(C)C2)CO. The van der Waals surface area contributed by atoms with Gasteiger partial charge >= 0.3 is 0 Å². The Balaban J connectivity index is 2.43. The number of aliphatic hydroxyl groups is 1. The Morgan fingerprint density at radius 3 is 2.65 bits per heavy atom. The van der Waals surface area contributed by atoms with Crippen LogP contribution in [0, 0.1) is 22.7 Å². The highest BCUT2D eigenvalue weighted by atomic mass is 16.3. The third kappa shape index (κ3) is 1.79. The molecule has 0 aromatic carbocycles. The fourth-order valence-corrected chi connectivity index (χ4v) is 4.13. The first-order valence-corrected chi connectivity index (χ1v) is 6.78. The molecule has 2 bridgehead atoms. The van der Waals surface area contributed by atoms with Crippen LogP contribution in [0.1, 0.15) is 47.5 Å². The van der Waals surface area contributed by atoms with Crippen LogP contribution in [0.25, 0.3) is 0 Å². The highest BCUT2D eigenvalue weighted by Crippen LogP contribution is 2.63. The van der Waals surface area contributed by atoms with E-state index in [0.717, 1.165) is 11.5 Å². The predicted molar refractivity (Wildman–Crippen MR) is 72.7 cm³/mol. The Hall–Kier alpha value is -0.560. The minimum atomic E-state index is 0.195. The van der Waals surface area contributed by atoms with E-state index in [0.29, 0.717) is 11.3 Å². The largest absolute Gasteiger partial charge is 0.392 e. The summed E-state index contributed by atoms with van der Waals surface area (Å²) < 4.78 is 0. The van der Waals surface area contributed by atoms with E-state index < -0.39 is 0 Å². The predicted octanol–water partition coefficient (Wildman–Crippen LogP) is 3.94. The number of hydrogen-bond donors (Lipinski definition) is 1. The van der Waals surface area contributed by atoms with Crippen LogP contribution in [0.4, 0.5) is 0 Å². The van der Waals surface area contributed by atoms with Crippen LogP contribution < -0.4 is 0 Å². The maximum absolute atomic E-state index is 9.23. The van der Waals surface area contributed by atoms with Gasteiger partial charge in [-0.25, -0.2) is 0 Å². The van der Waals surface area contributed by atoms with Gasteiger partial charge in [0.05, 0.1) is 6.61 Å². The molecule has 17 heavy (non-hydrogen) atoms. The average molecular weight is 234 g/mol. The Morgan fingerprint density at radius 1 is 1.47 bits per heavy atom. The lowest BCUT2D eigenvalue weighted by Crippen LogP contribution is -2.50. The second kappa shape index (κ2) is 3.98. The zero-order valence-corrected chi connectivity index (χ0v) is 11.9. The Morgan fingerprint density at radius 2 is 2.12 bits per heavy atom. The van der Waals surface area contributed by atoms with Gasteiger partial charge in [-0.3, -0.25) is 0 Å². The molecule has 3 aliphatic carbocycles. The van der Waals surface area contributed by atoms with Crippen molar-refractivity contribution in [1.82, 2.24) is 0 Å². The molecule has 1 nitrogen and oxygen atoms in total. The Bertz CT molecular complexity index is 375. The average Bonchev–Trinajstić information content (AvgIpc) is 2.22. The van der Waals surface area contributed by atoms with E-state index in [1.807, 2.05) is 6.92 Å². The van der Waals surface area contributed by atoms with Crippen LogP contribution in [0.5, 0.6) is 0 Å². The van der Waals surface area contributed by atoms with Gasteiger partial charge in [0, 0.05) is 0 Å². The summed E-state index contributed by atoms with van der Waals surface area (Å²) in [6, 6.07) is 0. The molecule has 0 aliphatic heterocycles. The van der Waals surface area contributed by atoms with Crippen LogP contribution in [0.15, 0.2) is 23.3 Å². The molecule has 1 heteroatoms. The first kappa shape index (κ1) is 12.9. The molecule has 0 heterocycles. The molecular weight excluding hydrogens is 208 g/mol. The highest BCUT2D eigenvalue weighted by molar-refractivity contribution is 5.30. The van der Waals surface area contributed by atoms with E-state index in [2.05, 4.69) is 39.8 Å². The summed E-state index contributed by atoms with van der Waals surface area (Å²) in [6.07, 6.45) is 7.38. The zero-order chi connectivity index (χ0) is 12.8. The van der Waals surface area contributed by atoms with E-state index in [-0.39, 0.29) is 12.0 Å². The number of allylic oxidation sites excluding steroid dienone is 3. The summed E-state index contributed by atoms with van der Waals surface area (Å²) in [5, 5.41) is 9.23. The number of aliphatic hydroxyl groups excluding tert-OH is 1. The van der Waals surface area contributed by atoms with Gasteiger partial charge in [0.2, 0.25) is 0 Å². The van der Waals surface area contributed by atoms with E-state index in [9.17, 15) is 5.11 Å². The molecule has 3 aliphatic rings. The minimum absolute atomic E-state index is 0.195. The molecular formula is C16H26O. The van der Waals surface area contributed by atoms with Crippen LogP contribution in [0.3, 0.4) is 0 Å². The van der Waals surface area contributed by atoms with Gasteiger partial charge in [0.1, 0.15) is 0 Å². The van der Waals surface area contributed by atoms with Gasteiger partial charge in [-0.05, 0) is 49.4 Å². The molecule has 0 amide bonds. The molecule has 0 aromatic rings. The van der Waals surface area contributed by atoms with Gasteiger partial charge < -0.3 is 5.11 Å². The van der Waals surface area contributed by atoms with Crippen molar-refractivity contribution in [2.24, 2.45) is 22.7 Å². The van der Waals surface area contributed by atoms with Crippen LogP contribution in [0.2, 0.25) is 0 Å². The summed E-state index contributed by atoms with van der Waals surface area (Å²) in [6.45, 7) is 11.8. The summed E-state index contributed by atoms with van der Waals surface area (Å²) in [5.74, 6) is 1.33. The van der Waals surface area contributed by atoms with Crippen molar-refractivity contribution in [3.8, 4) is 0 Å². The highest BCUT2D eigenvalue weighted by Gasteiger charge is 2.54. The fraction of sp³-hybridized carbons (Fsp3) is 0.750. The molecule has 96 valence electrons. The summed E-state index contributed by atoms with van der Waals surface area (Å²) in [4.78, 5) is 0. The maximum atomic E-state index is 9.23. The topological polar surface area (TPSA) is 20.2 Å². The molecule has 1 fully saturated rings. The zero-order valence-electron chi connectivity index (χ0n) is 11.9. The lowest BCUT2D eigenvalue weighted by atomic mass is 9.45. The third-order valence-electron chi connectivity index (χ3n) is 5.52. The molecule has 0 spiro atoms. The Labute approximate surface area is 106 Å². The van der Waals surface area contributed by atoms with Gasteiger partial charge in [0.25, 0.3) is 0 Å². The van der Waals surface area contributed by atoms with E-state index in [4.69, 9.17) is 0 Å². The quantitative estimate of drug-likeness (QED) is 0.717. The molecule has 1 N–H and O–H groups in total. The minimum Gasteiger partial charge on any atom is -0.392 e. The number of rotatable bonds is 2. The monoisotopic (exact) mass is 234 g/mol. The standard InChI is InChI=1S/C16H26O/c1-11(10-17)6-14-8-13-7-12(2)16(14,5)15(3,4)9-13/h6-7,13-14,17H,8-10H2,1-5H3. The van der Waals surface area contributed by atoms with Crippen molar-refractivity contribution in [3.05, 3.63) is 23.3 Å². The summed E-state index contributed by atoms with van der Waals surface area (Å²) in [5.41, 5.74) is 3.30. The normalized spacial score (nSPS) is 40.4. The lowest BCUT2D eigenvalue weighted by Gasteiger charge is -2.59. The number of hydrogen-bond acceptors (Lipinski definition) is 1. The third-order valence-corrected chi connectivity index (χ3v) is 5.52. The van der Waals surface area contributed by atoms with Crippen molar-refractivity contribution in [1.29, 1.82) is 0 Å². The molecule has 0 radical (unpaired) electrons. The number of fused-ring (bicyclic) bond motifs is 2. The van der Waals surface area contributed by atoms with Crippen LogP contribution >= 0.6 is 0 Å². The summed E-state index contributed by atoms with van der Waals surface area (Å²) >= 11 is 0. The molecule has 3 unspecified atom stereocenters. The van der Waals surface area contributed by atoms with Gasteiger partial charge in [-0.15, -0.1) is 0 Å². The second-order valence-corrected chi connectivity index (χ2v) is 6.91. The summed E-state index contributed by atoms with van der Waals surface area (Å²) in [7, 11) is 0. The van der Waals surface area contributed by atoms with Gasteiger partial charge in [-0.2, -0.15) is 0 Å². The first-order chi connectivity index (χ1) is 7.81. The fourth-order valence-electron chi connectivity index (χ4n) is 4.13. The van der Waals surface area contributed by atoms with Crippen LogP contribution in [-0.2, 0) is 0 Å². The van der Waals surface area contributed by atoms with Gasteiger partial charge in [0.15, 0.2) is 0 Å². The molecule has 1 saturated carbocycles. The van der Waals surface area contributed by atoms with Gasteiger partial charge in [-0.1, -0.05) is 44.1 Å². The second-order valence-electron chi connectivity index (χ2n) is 6.91. The maximum Gasteiger partial charge on any atom is 0.0639 e. The molecule has 0 saturated heterocycles. The van der Waals surface area contributed by atoms with E-state index >= 15 is 0 Å². The molecule has 3 rings (SSSR count). The van der Waals surface area contributed by atoms with Crippen molar-refractivity contribution in [2.45, 2.75) is 47.5 Å². The first-order valence-electron chi connectivity index (χ1n) is 6.78. The van der Waals surface area contributed by atoms with Crippen molar-refractivity contribution >= 4 is 0 Å². The van der Waals surface area contributed by atoms with E-state index in [1.54, 1.807) is 5.57 Å². The molecule has 0 aromatic heterocycles. The lowest BCUT2D eigenvalue weighted by molar-refractivity contribution is -0.00768. The van der Waals surface area contributed by atoms with Crippen LogP contribution in [-0.4, -0.2) is 11.7 Å². The van der Waals surface area contributed by atoms with Crippen molar-refractivity contribution in [2.75, 3.05) is 6.61 Å².